The van der Waals surface area contributed by atoms with E-state index >= 15 is 0 Å². The molecule has 1 aliphatic rings. The number of esters is 1. The van der Waals surface area contributed by atoms with Crippen molar-refractivity contribution in [3.63, 3.8) is 0 Å². The summed E-state index contributed by atoms with van der Waals surface area (Å²) < 4.78 is 29.7. The molecule has 2 atom stereocenters. The average Bonchev–Trinajstić information content (AvgIpc) is 3.12. The minimum absolute atomic E-state index is 0.0609. The number of carbonyl (C=O) groups excluding carboxylic acids is 2. The molecule has 6 nitrogen and oxygen atoms in total. The van der Waals surface area contributed by atoms with Crippen molar-refractivity contribution in [2.24, 2.45) is 0 Å². The van der Waals surface area contributed by atoms with E-state index in [4.69, 9.17) is 25.8 Å². The molecule has 1 saturated heterocycles. The van der Waals surface area contributed by atoms with E-state index in [1.54, 1.807) is 24.3 Å². The standard InChI is InChI=1S/C20H19ClFNO5/c1-26-17-8-7-12(21)9-14(17)19(24)23-11-13(10-16(23)20(25)27-2)28-18-6-4-3-5-15(18)22/h3-9,13,16H,10-11H2,1-2H3/t13-,16+/m0/s1. The van der Waals surface area contributed by atoms with Crippen LogP contribution in [0.2, 0.25) is 5.02 Å². The van der Waals surface area contributed by atoms with E-state index in [0.717, 1.165) is 0 Å². The zero-order valence-corrected chi connectivity index (χ0v) is 16.1. The molecule has 0 N–H and O–H groups in total. The van der Waals surface area contributed by atoms with Crippen molar-refractivity contribution >= 4 is 23.5 Å². The zero-order chi connectivity index (χ0) is 20.3. The lowest BCUT2D eigenvalue weighted by Crippen LogP contribution is -2.41. The second-order valence-electron chi connectivity index (χ2n) is 6.25. The third-order valence-corrected chi connectivity index (χ3v) is 4.75. The summed E-state index contributed by atoms with van der Waals surface area (Å²) in [4.78, 5) is 26.7. The highest BCUT2D eigenvalue weighted by Gasteiger charge is 2.42. The van der Waals surface area contributed by atoms with Crippen molar-refractivity contribution in [2.45, 2.75) is 18.6 Å². The SMILES string of the molecule is COC(=O)[C@H]1C[C@H](Oc2ccccc2F)CN1C(=O)c1cc(Cl)ccc1OC. The molecule has 0 aromatic heterocycles. The summed E-state index contributed by atoms with van der Waals surface area (Å²) in [5.74, 6) is -1.15. The second kappa shape index (κ2) is 8.48. The van der Waals surface area contributed by atoms with Gasteiger partial charge in [0.05, 0.1) is 26.3 Å². The Morgan fingerprint density at radius 3 is 2.57 bits per heavy atom. The molecule has 0 aliphatic carbocycles. The van der Waals surface area contributed by atoms with E-state index < -0.39 is 29.8 Å². The fourth-order valence-corrected chi connectivity index (χ4v) is 3.36. The first-order valence-corrected chi connectivity index (χ1v) is 8.96. The minimum Gasteiger partial charge on any atom is -0.496 e. The predicted octanol–water partition coefficient (Wildman–Crippen LogP) is 3.32. The molecular formula is C20H19ClFNO5. The van der Waals surface area contributed by atoms with Crippen LogP contribution in [0, 0.1) is 5.82 Å². The van der Waals surface area contributed by atoms with Crippen molar-refractivity contribution < 1.29 is 28.2 Å². The Kier molecular flexibility index (Phi) is 6.04. The number of likely N-dealkylation sites (tertiary alicyclic amines) is 1. The topological polar surface area (TPSA) is 65.1 Å². The minimum atomic E-state index is -0.863. The number of benzene rings is 2. The van der Waals surface area contributed by atoms with E-state index in [0.29, 0.717) is 10.8 Å². The Labute approximate surface area is 166 Å². The number of hydrogen-bond donors (Lipinski definition) is 0. The lowest BCUT2D eigenvalue weighted by atomic mass is 10.1. The van der Waals surface area contributed by atoms with Gasteiger partial charge >= 0.3 is 5.97 Å². The molecule has 1 heterocycles. The van der Waals surface area contributed by atoms with Crippen LogP contribution >= 0.6 is 11.6 Å². The first-order chi connectivity index (χ1) is 13.4. The fourth-order valence-electron chi connectivity index (χ4n) is 3.19. The highest BCUT2D eigenvalue weighted by atomic mass is 35.5. The summed E-state index contributed by atoms with van der Waals surface area (Å²) in [6, 6.07) is 9.75. The predicted molar refractivity (Wildman–Crippen MR) is 100 cm³/mol. The van der Waals surface area contributed by atoms with Gasteiger partial charge in [-0.2, -0.15) is 0 Å². The van der Waals surface area contributed by atoms with Gasteiger partial charge < -0.3 is 19.1 Å². The number of hydrogen-bond acceptors (Lipinski definition) is 5. The third-order valence-electron chi connectivity index (χ3n) is 4.52. The van der Waals surface area contributed by atoms with Crippen LogP contribution in [0.4, 0.5) is 4.39 Å². The molecule has 28 heavy (non-hydrogen) atoms. The van der Waals surface area contributed by atoms with E-state index in [9.17, 15) is 14.0 Å². The molecular weight excluding hydrogens is 389 g/mol. The molecule has 1 amide bonds. The summed E-state index contributed by atoms with van der Waals surface area (Å²) >= 11 is 6.02. The highest BCUT2D eigenvalue weighted by Crippen LogP contribution is 2.30. The van der Waals surface area contributed by atoms with Crippen LogP contribution in [-0.2, 0) is 9.53 Å². The maximum Gasteiger partial charge on any atom is 0.328 e. The Morgan fingerprint density at radius 1 is 1.14 bits per heavy atom. The molecule has 0 bridgehead atoms. The van der Waals surface area contributed by atoms with Crippen molar-refractivity contribution in [1.82, 2.24) is 4.90 Å². The molecule has 0 unspecified atom stereocenters. The number of carbonyl (C=O) groups is 2. The maximum absolute atomic E-state index is 13.9. The number of ether oxygens (including phenoxy) is 3. The summed E-state index contributed by atoms with van der Waals surface area (Å²) in [6.07, 6.45) is -0.398. The number of rotatable bonds is 5. The lowest BCUT2D eigenvalue weighted by molar-refractivity contribution is -0.145. The van der Waals surface area contributed by atoms with Crippen LogP contribution in [0.5, 0.6) is 11.5 Å². The largest absolute Gasteiger partial charge is 0.496 e. The summed E-state index contributed by atoms with van der Waals surface area (Å²) in [5, 5.41) is 0.358. The number of methoxy groups -OCH3 is 2. The van der Waals surface area contributed by atoms with Gasteiger partial charge in [0.1, 0.15) is 17.9 Å². The van der Waals surface area contributed by atoms with E-state index in [2.05, 4.69) is 0 Å². The molecule has 2 aromatic rings. The molecule has 1 aliphatic heterocycles. The first kappa shape index (κ1) is 19.9. The summed E-state index contributed by atoms with van der Waals surface area (Å²) in [5.41, 5.74) is 0.218. The van der Waals surface area contributed by atoms with Gasteiger partial charge in [-0.1, -0.05) is 23.7 Å². The number of para-hydroxylation sites is 1. The summed E-state index contributed by atoms with van der Waals surface area (Å²) in [7, 11) is 2.68. The molecule has 3 rings (SSSR count). The molecule has 0 saturated carbocycles. The lowest BCUT2D eigenvalue weighted by Gasteiger charge is -2.23. The Bertz CT molecular complexity index is 891. The van der Waals surface area contributed by atoms with Gasteiger partial charge in [0, 0.05) is 11.4 Å². The molecule has 0 radical (unpaired) electrons. The van der Waals surface area contributed by atoms with Crippen LogP contribution in [0.1, 0.15) is 16.8 Å². The van der Waals surface area contributed by atoms with Gasteiger partial charge in [0.2, 0.25) is 0 Å². The van der Waals surface area contributed by atoms with Crippen molar-refractivity contribution in [3.8, 4) is 11.5 Å². The van der Waals surface area contributed by atoms with Crippen LogP contribution < -0.4 is 9.47 Å². The molecule has 2 aromatic carbocycles. The van der Waals surface area contributed by atoms with Gasteiger partial charge in [-0.15, -0.1) is 0 Å². The Hall–Kier alpha value is -2.80. The van der Waals surface area contributed by atoms with Gasteiger partial charge in [-0.3, -0.25) is 4.79 Å². The van der Waals surface area contributed by atoms with E-state index in [-0.39, 0.29) is 24.3 Å². The number of amides is 1. The first-order valence-electron chi connectivity index (χ1n) is 8.58. The summed E-state index contributed by atoms with van der Waals surface area (Å²) in [6.45, 7) is 0.0859. The third kappa shape index (κ3) is 4.04. The van der Waals surface area contributed by atoms with Gasteiger partial charge in [0.25, 0.3) is 5.91 Å². The molecule has 1 fully saturated rings. The maximum atomic E-state index is 13.9. The van der Waals surface area contributed by atoms with Gasteiger partial charge in [0.15, 0.2) is 11.6 Å². The van der Waals surface area contributed by atoms with Gasteiger partial charge in [-0.05, 0) is 30.3 Å². The van der Waals surface area contributed by atoms with Crippen LogP contribution in [-0.4, -0.2) is 49.7 Å². The monoisotopic (exact) mass is 407 g/mol. The normalized spacial score (nSPS) is 18.6. The second-order valence-corrected chi connectivity index (χ2v) is 6.68. The van der Waals surface area contributed by atoms with Crippen molar-refractivity contribution in [1.29, 1.82) is 0 Å². The highest BCUT2D eigenvalue weighted by molar-refractivity contribution is 6.31. The molecule has 0 spiro atoms. The Morgan fingerprint density at radius 2 is 1.89 bits per heavy atom. The van der Waals surface area contributed by atoms with Crippen LogP contribution in [0.25, 0.3) is 0 Å². The molecule has 8 heteroatoms. The molecule has 148 valence electrons. The quantitative estimate of drug-likeness (QED) is 0.711. The zero-order valence-electron chi connectivity index (χ0n) is 15.4. The van der Waals surface area contributed by atoms with E-state index in [1.165, 1.54) is 37.3 Å². The number of halogens is 2. The smallest absolute Gasteiger partial charge is 0.328 e. The number of nitrogens with zero attached hydrogens (tertiary/aromatic N) is 1. The Balaban J connectivity index is 1.87. The van der Waals surface area contributed by atoms with Crippen LogP contribution in [0.15, 0.2) is 42.5 Å². The van der Waals surface area contributed by atoms with Crippen molar-refractivity contribution in [3.05, 3.63) is 58.9 Å². The van der Waals surface area contributed by atoms with Crippen molar-refractivity contribution in [2.75, 3.05) is 20.8 Å². The fraction of sp³-hybridized carbons (Fsp3) is 0.300. The average molecular weight is 408 g/mol. The van der Waals surface area contributed by atoms with Gasteiger partial charge in [-0.25, -0.2) is 9.18 Å². The van der Waals surface area contributed by atoms with E-state index in [1.807, 2.05) is 0 Å². The van der Waals surface area contributed by atoms with Crippen LogP contribution in [0.3, 0.4) is 0 Å².